The topological polar surface area (TPSA) is 66.0 Å². The number of fused-ring (bicyclic) bond motifs is 1. The molecule has 6 heteroatoms. The quantitative estimate of drug-likeness (QED) is 0.904. The highest BCUT2D eigenvalue weighted by molar-refractivity contribution is 5.82. The van der Waals surface area contributed by atoms with E-state index in [2.05, 4.69) is 5.32 Å². The van der Waals surface area contributed by atoms with Crippen LogP contribution in [0, 0.1) is 0 Å². The summed E-state index contributed by atoms with van der Waals surface area (Å²) >= 11 is 0. The van der Waals surface area contributed by atoms with Crippen LogP contribution in [0.4, 0.5) is 0 Å². The average molecular weight is 343 g/mol. The number of benzene rings is 2. The van der Waals surface area contributed by atoms with Crippen molar-refractivity contribution < 1.29 is 23.7 Å². The molecule has 2 atom stereocenters. The van der Waals surface area contributed by atoms with Crippen LogP contribution in [0.2, 0.25) is 0 Å². The van der Waals surface area contributed by atoms with E-state index in [1.807, 2.05) is 43.3 Å². The number of hydrogen-bond donors (Lipinski definition) is 1. The normalized spacial score (nSPS) is 16.7. The first-order chi connectivity index (χ1) is 12.1. The number of nitrogens with one attached hydrogen (secondary N) is 1. The molecule has 132 valence electrons. The first-order valence-corrected chi connectivity index (χ1v) is 8.03. The Morgan fingerprint density at radius 2 is 1.92 bits per heavy atom. The van der Waals surface area contributed by atoms with Gasteiger partial charge in [0.2, 0.25) is 6.10 Å². The van der Waals surface area contributed by atoms with Gasteiger partial charge in [0.05, 0.1) is 20.3 Å². The van der Waals surface area contributed by atoms with Crippen LogP contribution in [-0.4, -0.2) is 32.8 Å². The number of hydrogen-bond acceptors (Lipinski definition) is 5. The summed E-state index contributed by atoms with van der Waals surface area (Å²) in [7, 11) is 3.19. The predicted molar refractivity (Wildman–Crippen MR) is 92.5 cm³/mol. The first-order valence-electron chi connectivity index (χ1n) is 8.03. The molecule has 0 bridgehead atoms. The Bertz CT molecular complexity index is 761. The van der Waals surface area contributed by atoms with E-state index in [4.69, 9.17) is 18.9 Å². The second-order valence-electron chi connectivity index (χ2n) is 5.70. The van der Waals surface area contributed by atoms with Gasteiger partial charge >= 0.3 is 0 Å². The van der Waals surface area contributed by atoms with Crippen molar-refractivity contribution in [1.29, 1.82) is 0 Å². The van der Waals surface area contributed by atoms with Crippen LogP contribution >= 0.6 is 0 Å². The number of rotatable bonds is 5. The van der Waals surface area contributed by atoms with Crippen LogP contribution in [0.1, 0.15) is 18.5 Å². The Labute approximate surface area is 146 Å². The Morgan fingerprint density at radius 3 is 2.64 bits per heavy atom. The van der Waals surface area contributed by atoms with E-state index in [1.165, 1.54) is 0 Å². The molecular formula is C19H21NO5. The highest BCUT2D eigenvalue weighted by atomic mass is 16.6. The van der Waals surface area contributed by atoms with Crippen molar-refractivity contribution in [3.8, 4) is 23.0 Å². The summed E-state index contributed by atoms with van der Waals surface area (Å²) in [6.45, 7) is 2.05. The van der Waals surface area contributed by atoms with Crippen molar-refractivity contribution in [3.05, 3.63) is 48.0 Å². The van der Waals surface area contributed by atoms with E-state index in [1.54, 1.807) is 20.3 Å². The molecule has 1 amide bonds. The van der Waals surface area contributed by atoms with Gasteiger partial charge in [-0.25, -0.2) is 0 Å². The Balaban J connectivity index is 1.71. The number of methoxy groups -OCH3 is 2. The molecule has 0 saturated heterocycles. The molecule has 0 saturated carbocycles. The zero-order valence-electron chi connectivity index (χ0n) is 14.4. The Kier molecular flexibility index (Phi) is 4.97. The minimum Gasteiger partial charge on any atom is -0.497 e. The van der Waals surface area contributed by atoms with Crippen LogP contribution in [-0.2, 0) is 4.79 Å². The van der Waals surface area contributed by atoms with Crippen LogP contribution in [0.3, 0.4) is 0 Å². The van der Waals surface area contributed by atoms with Gasteiger partial charge in [-0.2, -0.15) is 0 Å². The highest BCUT2D eigenvalue weighted by Crippen LogP contribution is 2.32. The summed E-state index contributed by atoms with van der Waals surface area (Å²) in [6.07, 6.45) is -0.700. The van der Waals surface area contributed by atoms with Gasteiger partial charge < -0.3 is 24.3 Å². The summed E-state index contributed by atoms with van der Waals surface area (Å²) < 4.78 is 22.0. The summed E-state index contributed by atoms with van der Waals surface area (Å²) in [5, 5.41) is 2.94. The van der Waals surface area contributed by atoms with Crippen molar-refractivity contribution in [1.82, 2.24) is 5.32 Å². The van der Waals surface area contributed by atoms with Gasteiger partial charge in [0.25, 0.3) is 5.91 Å². The van der Waals surface area contributed by atoms with Crippen molar-refractivity contribution in [2.45, 2.75) is 19.1 Å². The summed E-state index contributed by atoms with van der Waals surface area (Å²) in [5.41, 5.74) is 0.826. The molecule has 2 aromatic rings. The van der Waals surface area contributed by atoms with Crippen molar-refractivity contribution >= 4 is 5.91 Å². The maximum absolute atomic E-state index is 12.6. The lowest BCUT2D eigenvalue weighted by atomic mass is 10.1. The second-order valence-corrected chi connectivity index (χ2v) is 5.70. The molecule has 2 aromatic carbocycles. The molecule has 25 heavy (non-hydrogen) atoms. The van der Waals surface area contributed by atoms with Crippen molar-refractivity contribution in [2.24, 2.45) is 0 Å². The molecular weight excluding hydrogens is 322 g/mol. The lowest BCUT2D eigenvalue weighted by Gasteiger charge is -2.27. The average Bonchev–Trinajstić information content (AvgIpc) is 2.66. The Hall–Kier alpha value is -2.89. The van der Waals surface area contributed by atoms with Gasteiger partial charge in [-0.15, -0.1) is 0 Å². The van der Waals surface area contributed by atoms with Crippen LogP contribution in [0.5, 0.6) is 23.0 Å². The minimum absolute atomic E-state index is 0.171. The molecule has 0 spiro atoms. The lowest BCUT2D eigenvalue weighted by Crippen LogP contribution is -2.44. The van der Waals surface area contributed by atoms with Gasteiger partial charge in [0.15, 0.2) is 11.5 Å². The molecule has 6 nitrogen and oxygen atoms in total. The van der Waals surface area contributed by atoms with Gasteiger partial charge in [0.1, 0.15) is 18.1 Å². The summed E-state index contributed by atoms with van der Waals surface area (Å²) in [6, 6.07) is 12.5. The molecule has 0 aliphatic carbocycles. The molecule has 0 fully saturated rings. The predicted octanol–water partition coefficient (Wildman–Crippen LogP) is 2.72. The summed E-state index contributed by atoms with van der Waals surface area (Å²) in [4.78, 5) is 12.6. The first kappa shape index (κ1) is 17.0. The number of amides is 1. The van der Waals surface area contributed by atoms with E-state index in [-0.39, 0.29) is 18.6 Å². The third-order valence-electron chi connectivity index (χ3n) is 4.06. The maximum Gasteiger partial charge on any atom is 0.265 e. The fraction of sp³-hybridized carbons (Fsp3) is 0.316. The van der Waals surface area contributed by atoms with Crippen LogP contribution in [0.25, 0.3) is 0 Å². The smallest absolute Gasteiger partial charge is 0.265 e. The standard InChI is InChI=1S/C19H21NO5/c1-12(14-10-13(22-2)8-9-15(14)23-3)20-19(21)18-11-24-16-6-4-5-7-17(16)25-18/h4-10,12,18H,11H2,1-3H3,(H,20,21)/t12-,18-/m1/s1. The van der Waals surface area contributed by atoms with Gasteiger partial charge in [0, 0.05) is 5.56 Å². The van der Waals surface area contributed by atoms with Crippen molar-refractivity contribution in [3.63, 3.8) is 0 Å². The van der Waals surface area contributed by atoms with Gasteiger partial charge in [-0.1, -0.05) is 12.1 Å². The zero-order chi connectivity index (χ0) is 17.8. The number of carbonyl (C=O) groups is 1. The van der Waals surface area contributed by atoms with E-state index >= 15 is 0 Å². The lowest BCUT2D eigenvalue weighted by molar-refractivity contribution is -0.131. The molecule has 0 radical (unpaired) electrons. The van der Waals surface area contributed by atoms with E-state index < -0.39 is 6.10 Å². The van der Waals surface area contributed by atoms with E-state index in [0.717, 1.165) is 5.56 Å². The Morgan fingerprint density at radius 1 is 1.16 bits per heavy atom. The fourth-order valence-electron chi connectivity index (χ4n) is 2.71. The third kappa shape index (κ3) is 3.63. The largest absolute Gasteiger partial charge is 0.497 e. The monoisotopic (exact) mass is 343 g/mol. The highest BCUT2D eigenvalue weighted by Gasteiger charge is 2.28. The minimum atomic E-state index is -0.700. The third-order valence-corrected chi connectivity index (χ3v) is 4.06. The molecule has 1 aliphatic heterocycles. The van der Waals surface area contributed by atoms with E-state index in [0.29, 0.717) is 23.0 Å². The number of ether oxygens (including phenoxy) is 4. The summed E-state index contributed by atoms with van der Waals surface area (Å²) in [5.74, 6) is 2.35. The number of carbonyl (C=O) groups excluding carboxylic acids is 1. The van der Waals surface area contributed by atoms with Crippen molar-refractivity contribution in [2.75, 3.05) is 20.8 Å². The van der Waals surface area contributed by atoms with Gasteiger partial charge in [-0.05, 0) is 37.3 Å². The van der Waals surface area contributed by atoms with Gasteiger partial charge in [-0.3, -0.25) is 4.79 Å². The molecule has 1 aliphatic rings. The molecule has 0 aromatic heterocycles. The van der Waals surface area contributed by atoms with E-state index in [9.17, 15) is 4.79 Å². The molecule has 1 heterocycles. The SMILES string of the molecule is COc1ccc(OC)c([C@@H](C)NC(=O)[C@H]2COc3ccccc3O2)c1. The zero-order valence-corrected chi connectivity index (χ0v) is 14.4. The fourth-order valence-corrected chi connectivity index (χ4v) is 2.71. The van der Waals surface area contributed by atoms with Crippen LogP contribution in [0.15, 0.2) is 42.5 Å². The van der Waals surface area contributed by atoms with Crippen LogP contribution < -0.4 is 24.3 Å². The molecule has 3 rings (SSSR count). The molecule has 0 unspecified atom stereocenters. The maximum atomic E-state index is 12.6. The molecule has 1 N–H and O–H groups in total. The number of para-hydroxylation sites is 2. The second kappa shape index (κ2) is 7.34.